The zero-order valence-electron chi connectivity index (χ0n) is 22.0. The molecule has 2 rings (SSSR count). The van der Waals surface area contributed by atoms with Crippen molar-refractivity contribution in [2.45, 2.75) is 71.1 Å². The number of hydrogen-bond donors (Lipinski definition) is 7. The molecular formula is C26H37N5O7. The van der Waals surface area contributed by atoms with Crippen LogP contribution in [-0.4, -0.2) is 69.0 Å². The molecule has 4 atom stereocenters. The normalized spacial score (nSPS) is 14.5. The van der Waals surface area contributed by atoms with Gasteiger partial charge < -0.3 is 36.9 Å². The molecule has 4 unspecified atom stereocenters. The number of carbonyl (C=O) groups is 5. The molecule has 0 saturated heterocycles. The second-order valence-electron chi connectivity index (χ2n) is 10.1. The number of aromatic nitrogens is 1. The van der Waals surface area contributed by atoms with E-state index in [0.29, 0.717) is 5.56 Å². The second kappa shape index (κ2) is 13.6. The Bertz CT molecular complexity index is 1160. The quantitative estimate of drug-likeness (QED) is 0.185. The molecule has 0 bridgehead atoms. The third kappa shape index (κ3) is 8.58. The van der Waals surface area contributed by atoms with Gasteiger partial charge in [-0.2, -0.15) is 0 Å². The molecule has 0 aliphatic carbocycles. The van der Waals surface area contributed by atoms with Crippen molar-refractivity contribution in [3.63, 3.8) is 0 Å². The molecule has 0 saturated carbocycles. The number of carboxylic acid groups (broad SMARTS) is 2. The number of para-hydroxylation sites is 1. The summed E-state index contributed by atoms with van der Waals surface area (Å²) in [6.07, 6.45) is 1.08. The Kier molecular flexibility index (Phi) is 10.8. The Morgan fingerprint density at radius 1 is 0.868 bits per heavy atom. The van der Waals surface area contributed by atoms with Gasteiger partial charge in [0, 0.05) is 23.5 Å². The van der Waals surface area contributed by atoms with Gasteiger partial charge in [0.05, 0.1) is 12.5 Å². The molecule has 3 amide bonds. The first-order valence-electron chi connectivity index (χ1n) is 12.5. The first-order valence-corrected chi connectivity index (χ1v) is 12.5. The summed E-state index contributed by atoms with van der Waals surface area (Å²) in [6.45, 7) is 7.29. The highest BCUT2D eigenvalue weighted by Crippen LogP contribution is 2.19. The van der Waals surface area contributed by atoms with E-state index in [-0.39, 0.29) is 24.7 Å². The predicted octanol–water partition coefficient (Wildman–Crippen LogP) is 0.754. The number of H-pyrrole nitrogens is 1. The summed E-state index contributed by atoms with van der Waals surface area (Å²) < 4.78 is 0. The van der Waals surface area contributed by atoms with Crippen LogP contribution in [0.25, 0.3) is 10.9 Å². The van der Waals surface area contributed by atoms with Crippen molar-refractivity contribution in [1.82, 2.24) is 20.9 Å². The van der Waals surface area contributed by atoms with Gasteiger partial charge in [-0.3, -0.25) is 19.2 Å². The van der Waals surface area contributed by atoms with E-state index in [2.05, 4.69) is 20.9 Å². The number of aliphatic carboxylic acids is 2. The minimum absolute atomic E-state index is 0.00850. The molecule has 12 nitrogen and oxygen atoms in total. The van der Waals surface area contributed by atoms with E-state index in [0.717, 1.165) is 10.9 Å². The van der Waals surface area contributed by atoms with E-state index >= 15 is 0 Å². The minimum Gasteiger partial charge on any atom is -0.481 e. The highest BCUT2D eigenvalue weighted by atomic mass is 16.4. The van der Waals surface area contributed by atoms with Crippen molar-refractivity contribution in [2.24, 2.45) is 17.6 Å². The molecule has 1 heterocycles. The topological polar surface area (TPSA) is 204 Å². The first kappa shape index (κ1) is 30.3. The van der Waals surface area contributed by atoms with Crippen molar-refractivity contribution in [2.75, 3.05) is 0 Å². The van der Waals surface area contributed by atoms with Gasteiger partial charge in [-0.1, -0.05) is 45.9 Å². The zero-order chi connectivity index (χ0) is 28.6. The van der Waals surface area contributed by atoms with Gasteiger partial charge in [0.15, 0.2) is 0 Å². The van der Waals surface area contributed by atoms with E-state index < -0.39 is 60.2 Å². The maximum Gasteiger partial charge on any atom is 0.326 e. The molecule has 0 aliphatic rings. The van der Waals surface area contributed by atoms with Crippen LogP contribution in [0.1, 0.15) is 46.1 Å². The average Bonchev–Trinajstić information content (AvgIpc) is 3.24. The Labute approximate surface area is 220 Å². The van der Waals surface area contributed by atoms with Crippen molar-refractivity contribution in [3.8, 4) is 0 Å². The van der Waals surface area contributed by atoms with Crippen LogP contribution in [0.3, 0.4) is 0 Å². The van der Waals surface area contributed by atoms with Crippen LogP contribution >= 0.6 is 0 Å². The zero-order valence-corrected chi connectivity index (χ0v) is 22.0. The summed E-state index contributed by atoms with van der Waals surface area (Å²) in [5.41, 5.74) is 7.42. The Morgan fingerprint density at radius 2 is 1.45 bits per heavy atom. The van der Waals surface area contributed by atoms with E-state index in [4.69, 9.17) is 10.8 Å². The van der Waals surface area contributed by atoms with Crippen LogP contribution in [0.5, 0.6) is 0 Å². The van der Waals surface area contributed by atoms with Crippen molar-refractivity contribution in [3.05, 3.63) is 36.0 Å². The molecule has 2 aromatic rings. The van der Waals surface area contributed by atoms with Gasteiger partial charge in [0.1, 0.15) is 18.1 Å². The van der Waals surface area contributed by atoms with Crippen LogP contribution < -0.4 is 21.7 Å². The summed E-state index contributed by atoms with van der Waals surface area (Å²) in [6, 6.07) is 2.52. The Hall–Kier alpha value is -3.93. The lowest BCUT2D eigenvalue weighted by molar-refractivity contribution is -0.147. The molecule has 12 heteroatoms. The maximum atomic E-state index is 13.3. The van der Waals surface area contributed by atoms with E-state index in [1.165, 1.54) is 0 Å². The molecule has 0 spiro atoms. The van der Waals surface area contributed by atoms with Gasteiger partial charge in [0.25, 0.3) is 0 Å². The van der Waals surface area contributed by atoms with Gasteiger partial charge in [-0.15, -0.1) is 0 Å². The molecule has 8 N–H and O–H groups in total. The standard InChI is InChI=1S/C26H37N5O7/c1-13(2)9-18(30-25(36)22(27)14(3)4)23(34)29-19(24(35)31-20(26(37)38)11-21(32)33)10-15-12-28-17-8-6-5-7-16(15)17/h5-8,12-14,18-20,22,28H,9-11,27H2,1-4H3,(H,29,34)(H,30,36)(H,31,35)(H,32,33)(H,37,38). The predicted molar refractivity (Wildman–Crippen MR) is 140 cm³/mol. The Morgan fingerprint density at radius 3 is 2.03 bits per heavy atom. The molecule has 1 aromatic heterocycles. The van der Waals surface area contributed by atoms with Gasteiger partial charge in [-0.05, 0) is 29.9 Å². The number of rotatable bonds is 14. The van der Waals surface area contributed by atoms with E-state index in [9.17, 15) is 29.1 Å². The lowest BCUT2D eigenvalue weighted by atomic mass is 9.99. The lowest BCUT2D eigenvalue weighted by Gasteiger charge is -2.26. The third-order valence-electron chi connectivity index (χ3n) is 6.09. The summed E-state index contributed by atoms with van der Waals surface area (Å²) in [7, 11) is 0. The molecular weight excluding hydrogens is 494 g/mol. The fourth-order valence-electron chi connectivity index (χ4n) is 3.92. The second-order valence-corrected chi connectivity index (χ2v) is 10.1. The monoisotopic (exact) mass is 531 g/mol. The minimum atomic E-state index is -1.70. The summed E-state index contributed by atoms with van der Waals surface area (Å²) in [4.78, 5) is 64.9. The third-order valence-corrected chi connectivity index (χ3v) is 6.09. The van der Waals surface area contributed by atoms with Gasteiger partial charge in [0.2, 0.25) is 17.7 Å². The number of fused-ring (bicyclic) bond motifs is 1. The number of nitrogens with one attached hydrogen (secondary N) is 4. The lowest BCUT2D eigenvalue weighted by Crippen LogP contribution is -2.58. The molecule has 208 valence electrons. The van der Waals surface area contributed by atoms with E-state index in [1.807, 2.05) is 38.1 Å². The fraction of sp³-hybridized carbons (Fsp3) is 0.500. The highest BCUT2D eigenvalue weighted by Gasteiger charge is 2.32. The number of nitrogens with two attached hydrogens (primary N) is 1. The number of carboxylic acids is 2. The number of hydrogen-bond acceptors (Lipinski definition) is 6. The van der Waals surface area contributed by atoms with Crippen molar-refractivity contribution in [1.29, 1.82) is 0 Å². The van der Waals surface area contributed by atoms with Crippen molar-refractivity contribution < 1.29 is 34.2 Å². The molecule has 38 heavy (non-hydrogen) atoms. The van der Waals surface area contributed by atoms with Crippen LogP contribution in [0.4, 0.5) is 0 Å². The molecule has 0 radical (unpaired) electrons. The van der Waals surface area contributed by atoms with Gasteiger partial charge >= 0.3 is 11.9 Å². The fourth-order valence-corrected chi connectivity index (χ4v) is 3.92. The summed E-state index contributed by atoms with van der Waals surface area (Å²) in [5.74, 6) is -5.11. The number of amides is 3. The molecule has 0 fully saturated rings. The smallest absolute Gasteiger partial charge is 0.326 e. The summed E-state index contributed by atoms with van der Waals surface area (Å²) >= 11 is 0. The highest BCUT2D eigenvalue weighted by molar-refractivity contribution is 5.95. The van der Waals surface area contributed by atoms with Crippen LogP contribution in [0.15, 0.2) is 30.5 Å². The van der Waals surface area contributed by atoms with Crippen LogP contribution in [-0.2, 0) is 30.4 Å². The van der Waals surface area contributed by atoms with E-state index in [1.54, 1.807) is 20.0 Å². The van der Waals surface area contributed by atoms with Crippen LogP contribution in [0.2, 0.25) is 0 Å². The SMILES string of the molecule is CC(C)CC(NC(=O)C(N)C(C)C)C(=O)NC(Cc1c[nH]c2ccccc12)C(=O)NC(CC(=O)O)C(=O)O. The number of carbonyl (C=O) groups excluding carboxylic acids is 3. The maximum absolute atomic E-state index is 13.3. The number of benzene rings is 1. The van der Waals surface area contributed by atoms with Crippen molar-refractivity contribution >= 4 is 40.6 Å². The largest absolute Gasteiger partial charge is 0.481 e. The Balaban J connectivity index is 2.34. The average molecular weight is 532 g/mol. The molecule has 1 aromatic carbocycles. The van der Waals surface area contributed by atoms with Gasteiger partial charge in [-0.25, -0.2) is 4.79 Å². The first-order chi connectivity index (χ1) is 17.8. The number of aromatic amines is 1. The molecule has 0 aliphatic heterocycles. The van der Waals surface area contributed by atoms with Crippen LogP contribution in [0, 0.1) is 11.8 Å². The summed E-state index contributed by atoms with van der Waals surface area (Å²) in [5, 5.41) is 26.7.